The molecule has 2 aliphatic heterocycles. The molecule has 3 heteroatoms. The Morgan fingerprint density at radius 2 is 1.96 bits per heavy atom. The Balaban J connectivity index is 1.65. The van der Waals surface area contributed by atoms with Gasteiger partial charge in [-0.05, 0) is 72.8 Å². The van der Waals surface area contributed by atoms with E-state index >= 15 is 0 Å². The fraction of sp³-hybridized carbons (Fsp3) is 0.810. The van der Waals surface area contributed by atoms with E-state index < -0.39 is 12.2 Å². The molecule has 3 nitrogen and oxygen atoms in total. The van der Waals surface area contributed by atoms with Gasteiger partial charge in [-0.25, -0.2) is 0 Å². The van der Waals surface area contributed by atoms with E-state index in [1.54, 1.807) is 0 Å². The quantitative estimate of drug-likeness (QED) is 0.716. The number of aliphatic hydroxyl groups excluding tert-OH is 2. The fourth-order valence-corrected chi connectivity index (χ4v) is 6.96. The van der Waals surface area contributed by atoms with Crippen LogP contribution in [-0.4, -0.2) is 33.6 Å². The molecule has 0 aromatic carbocycles. The summed E-state index contributed by atoms with van der Waals surface area (Å²) in [7, 11) is 0. The summed E-state index contributed by atoms with van der Waals surface area (Å²) in [6.45, 7) is 6.92. The third kappa shape index (κ3) is 1.60. The van der Waals surface area contributed by atoms with Crippen molar-refractivity contribution in [1.29, 1.82) is 0 Å². The minimum atomic E-state index is -0.776. The zero-order chi connectivity index (χ0) is 16.9. The molecule has 2 N–H and O–H groups in total. The van der Waals surface area contributed by atoms with E-state index in [4.69, 9.17) is 4.74 Å². The van der Waals surface area contributed by atoms with Crippen LogP contribution in [-0.2, 0) is 4.74 Å². The van der Waals surface area contributed by atoms with Gasteiger partial charge in [-0.3, -0.25) is 0 Å². The lowest BCUT2D eigenvalue weighted by Crippen LogP contribution is -2.57. The Morgan fingerprint density at radius 3 is 2.75 bits per heavy atom. The molecule has 0 radical (unpaired) electrons. The summed E-state index contributed by atoms with van der Waals surface area (Å²) in [6, 6.07) is 0. The highest BCUT2D eigenvalue weighted by Crippen LogP contribution is 2.67. The Morgan fingerprint density at radius 1 is 1.17 bits per heavy atom. The number of ether oxygens (including phenoxy) is 1. The van der Waals surface area contributed by atoms with E-state index in [0.29, 0.717) is 11.3 Å². The van der Waals surface area contributed by atoms with Crippen LogP contribution in [0.25, 0.3) is 0 Å². The van der Waals surface area contributed by atoms with Gasteiger partial charge in [0.1, 0.15) is 6.10 Å². The molecule has 1 saturated heterocycles. The van der Waals surface area contributed by atoms with Gasteiger partial charge in [0.05, 0.1) is 17.3 Å². The molecule has 5 rings (SSSR count). The molecular weight excluding hydrogens is 300 g/mol. The molecule has 2 heterocycles. The molecule has 24 heavy (non-hydrogen) atoms. The van der Waals surface area contributed by atoms with Gasteiger partial charge in [-0.1, -0.05) is 32.9 Å². The first-order valence-electron chi connectivity index (χ1n) is 9.81. The molecular formula is C21H30O3. The summed E-state index contributed by atoms with van der Waals surface area (Å²) < 4.78 is 6.99. The van der Waals surface area contributed by atoms with Crippen molar-refractivity contribution in [3.63, 3.8) is 0 Å². The van der Waals surface area contributed by atoms with Crippen LogP contribution in [0.4, 0.5) is 0 Å². The zero-order valence-corrected chi connectivity index (χ0v) is 15.1. The third-order valence-electron chi connectivity index (χ3n) is 8.62. The first-order chi connectivity index (χ1) is 11.3. The predicted octanol–water partition coefficient (Wildman–Crippen LogP) is 3.36. The molecule has 3 fully saturated rings. The van der Waals surface area contributed by atoms with Crippen LogP contribution in [0, 0.1) is 23.2 Å². The highest BCUT2D eigenvalue weighted by Gasteiger charge is 2.67. The number of fused-ring (bicyclic) bond motifs is 1. The van der Waals surface area contributed by atoms with Gasteiger partial charge in [0.2, 0.25) is 0 Å². The van der Waals surface area contributed by atoms with Crippen molar-refractivity contribution < 1.29 is 14.9 Å². The fourth-order valence-electron chi connectivity index (χ4n) is 6.96. The topological polar surface area (TPSA) is 49.7 Å². The molecule has 0 aromatic rings. The first-order valence-corrected chi connectivity index (χ1v) is 9.81. The molecule has 5 aliphatic rings. The number of hydrogen-bond donors (Lipinski definition) is 2. The second-order valence-electron chi connectivity index (χ2n) is 9.60. The molecule has 3 aliphatic carbocycles. The Kier molecular flexibility index (Phi) is 2.96. The van der Waals surface area contributed by atoms with Gasteiger partial charge in [-0.15, -0.1) is 0 Å². The summed E-state index contributed by atoms with van der Waals surface area (Å²) in [5, 5.41) is 21.1. The van der Waals surface area contributed by atoms with E-state index in [0.717, 1.165) is 37.2 Å². The average molecular weight is 330 g/mol. The van der Waals surface area contributed by atoms with Crippen LogP contribution in [0.2, 0.25) is 0 Å². The Bertz CT molecular complexity index is 651. The van der Waals surface area contributed by atoms with Gasteiger partial charge in [0.15, 0.2) is 0 Å². The third-order valence-corrected chi connectivity index (χ3v) is 8.62. The first kappa shape index (κ1) is 15.6. The summed E-state index contributed by atoms with van der Waals surface area (Å²) in [4.78, 5) is 0. The van der Waals surface area contributed by atoms with Crippen LogP contribution in [0.1, 0.15) is 59.3 Å². The average Bonchev–Trinajstić information content (AvgIpc) is 3.02. The van der Waals surface area contributed by atoms with Gasteiger partial charge < -0.3 is 14.9 Å². The summed E-state index contributed by atoms with van der Waals surface area (Å²) >= 11 is 0. The SMILES string of the molecule is CC1CC23CCC4(O2)C(=CCC2(C)C(C)CCC42)C=C3C(O)C1O. The van der Waals surface area contributed by atoms with E-state index in [2.05, 4.69) is 26.0 Å². The summed E-state index contributed by atoms with van der Waals surface area (Å²) in [6.07, 6.45) is 9.74. The smallest absolute Gasteiger partial charge is 0.104 e. The van der Waals surface area contributed by atoms with Crippen LogP contribution in [0.15, 0.2) is 23.3 Å². The summed E-state index contributed by atoms with van der Waals surface area (Å²) in [5.74, 6) is 1.42. The zero-order valence-electron chi connectivity index (χ0n) is 15.1. The second-order valence-corrected chi connectivity index (χ2v) is 9.60. The van der Waals surface area contributed by atoms with Crippen molar-refractivity contribution in [2.75, 3.05) is 0 Å². The number of hydrogen-bond acceptors (Lipinski definition) is 3. The monoisotopic (exact) mass is 330 g/mol. The van der Waals surface area contributed by atoms with E-state index in [1.807, 2.05) is 6.92 Å². The molecule has 8 unspecified atom stereocenters. The van der Waals surface area contributed by atoms with Crippen molar-refractivity contribution >= 4 is 0 Å². The summed E-state index contributed by atoms with van der Waals surface area (Å²) in [5.41, 5.74) is 2.12. The van der Waals surface area contributed by atoms with Crippen LogP contribution < -0.4 is 0 Å². The molecule has 0 aromatic heterocycles. The number of rotatable bonds is 0. The van der Waals surface area contributed by atoms with E-state index in [-0.39, 0.29) is 17.1 Å². The number of aliphatic hydroxyl groups is 2. The van der Waals surface area contributed by atoms with Crippen molar-refractivity contribution in [3.8, 4) is 0 Å². The van der Waals surface area contributed by atoms with E-state index in [1.165, 1.54) is 18.4 Å². The van der Waals surface area contributed by atoms with Crippen molar-refractivity contribution in [2.45, 2.75) is 82.7 Å². The van der Waals surface area contributed by atoms with Gasteiger partial charge >= 0.3 is 0 Å². The molecule has 2 saturated carbocycles. The van der Waals surface area contributed by atoms with Crippen LogP contribution in [0.3, 0.4) is 0 Å². The highest BCUT2D eigenvalue weighted by molar-refractivity contribution is 5.48. The molecule has 8 atom stereocenters. The Hall–Kier alpha value is -0.640. The van der Waals surface area contributed by atoms with Gasteiger partial charge in [0.25, 0.3) is 0 Å². The molecule has 2 bridgehead atoms. The minimum absolute atomic E-state index is 0.0790. The van der Waals surface area contributed by atoms with E-state index in [9.17, 15) is 10.2 Å². The van der Waals surface area contributed by atoms with Crippen molar-refractivity contribution in [1.82, 2.24) is 0 Å². The van der Waals surface area contributed by atoms with Crippen molar-refractivity contribution in [2.24, 2.45) is 23.2 Å². The van der Waals surface area contributed by atoms with Gasteiger partial charge in [-0.2, -0.15) is 0 Å². The van der Waals surface area contributed by atoms with Crippen LogP contribution in [0.5, 0.6) is 0 Å². The molecule has 2 spiro atoms. The largest absolute Gasteiger partial charge is 0.390 e. The van der Waals surface area contributed by atoms with Crippen molar-refractivity contribution in [3.05, 3.63) is 23.3 Å². The lowest BCUT2D eigenvalue weighted by molar-refractivity contribution is -0.163. The minimum Gasteiger partial charge on any atom is -0.390 e. The maximum atomic E-state index is 10.7. The molecule has 132 valence electrons. The lowest BCUT2D eigenvalue weighted by atomic mass is 9.59. The Labute approximate surface area is 144 Å². The van der Waals surface area contributed by atoms with Gasteiger partial charge in [0, 0.05) is 0 Å². The second kappa shape index (κ2) is 4.55. The molecule has 0 amide bonds. The normalized spacial score (nSPS) is 58.5. The predicted molar refractivity (Wildman–Crippen MR) is 92.4 cm³/mol. The maximum Gasteiger partial charge on any atom is 0.104 e. The standard InChI is InChI=1S/C21H30O3/c1-12-11-20-8-9-21(24-20)14(10-15(20)18(23)17(12)22)6-7-19(3)13(2)4-5-16(19)21/h6,10,12-13,16-18,22-23H,4-5,7-9,11H2,1-3H3. The van der Waals surface area contributed by atoms with Crippen LogP contribution >= 0.6 is 0 Å². The highest BCUT2D eigenvalue weighted by atomic mass is 16.5. The number of allylic oxidation sites excluding steroid dienone is 1. The lowest BCUT2D eigenvalue weighted by Gasteiger charge is -2.55. The maximum absolute atomic E-state index is 10.7.